The van der Waals surface area contributed by atoms with Crippen LogP contribution in [0, 0.1) is 82.9 Å². The number of carbonyl (C=O) groups excluding carboxylic acids is 4. The zero-order valence-corrected chi connectivity index (χ0v) is 33.3. The number of ether oxygens (including phenoxy) is 4. The minimum atomic E-state index is -0.562. The molecule has 11 saturated carbocycles. The maximum absolute atomic E-state index is 12.9. The molecule has 10 bridgehead atoms. The molecule has 298 valence electrons. The summed E-state index contributed by atoms with van der Waals surface area (Å²) >= 11 is 0. The Morgan fingerprint density at radius 2 is 1.07 bits per heavy atom. The lowest BCUT2D eigenvalue weighted by molar-refractivity contribution is -0.237. The van der Waals surface area contributed by atoms with Crippen molar-refractivity contribution in [3.8, 4) is 0 Å². The molecule has 0 aliphatic heterocycles. The van der Waals surface area contributed by atoms with Crippen molar-refractivity contribution in [2.75, 3.05) is 13.2 Å². The van der Waals surface area contributed by atoms with Gasteiger partial charge in [0.15, 0.2) is 13.2 Å². The van der Waals surface area contributed by atoms with Crippen LogP contribution < -0.4 is 0 Å². The Bertz CT molecular complexity index is 1430. The number of hydrogen-bond acceptors (Lipinski definition) is 8. The third kappa shape index (κ3) is 6.90. The quantitative estimate of drug-likeness (QED) is 0.124. The smallest absolute Gasteiger partial charge is 0.344 e. The van der Waals surface area contributed by atoms with Crippen molar-refractivity contribution in [1.29, 1.82) is 0 Å². The van der Waals surface area contributed by atoms with Crippen LogP contribution in [0.5, 0.6) is 0 Å². The molecule has 8 heteroatoms. The molecule has 11 aliphatic rings. The summed E-state index contributed by atoms with van der Waals surface area (Å²) in [6.45, 7) is 12.7. The van der Waals surface area contributed by atoms with E-state index in [-0.39, 0.29) is 36.4 Å². The average molecular weight is 747 g/mol. The van der Waals surface area contributed by atoms with E-state index in [0.717, 1.165) is 47.5 Å². The lowest BCUT2D eigenvalue weighted by Crippen LogP contribution is -2.64. The van der Waals surface area contributed by atoms with Crippen molar-refractivity contribution in [1.82, 2.24) is 0 Å². The molecule has 0 saturated heterocycles. The van der Waals surface area contributed by atoms with E-state index < -0.39 is 11.9 Å². The van der Waals surface area contributed by atoms with Crippen LogP contribution in [0.1, 0.15) is 130 Å². The minimum absolute atomic E-state index is 0.281. The predicted molar refractivity (Wildman–Crippen MR) is 203 cm³/mol. The molecule has 0 radical (unpaired) electrons. The van der Waals surface area contributed by atoms with Crippen molar-refractivity contribution in [3.05, 3.63) is 24.8 Å². The molecule has 0 amide bonds. The van der Waals surface area contributed by atoms with Crippen molar-refractivity contribution < 1.29 is 38.1 Å². The highest BCUT2D eigenvalue weighted by atomic mass is 16.6. The van der Waals surface area contributed by atoms with Crippen molar-refractivity contribution in [2.24, 2.45) is 82.9 Å². The lowest BCUT2D eigenvalue weighted by atomic mass is 9.46. The Morgan fingerprint density at radius 3 is 1.52 bits per heavy atom. The van der Waals surface area contributed by atoms with Gasteiger partial charge in [-0.25, -0.2) is 19.2 Å². The van der Waals surface area contributed by atoms with Crippen LogP contribution in [-0.2, 0) is 38.1 Å². The highest BCUT2D eigenvalue weighted by molar-refractivity contribution is 5.88. The van der Waals surface area contributed by atoms with Gasteiger partial charge >= 0.3 is 23.9 Å². The van der Waals surface area contributed by atoms with Gasteiger partial charge in [-0.3, -0.25) is 0 Å². The second kappa shape index (κ2) is 15.0. The van der Waals surface area contributed by atoms with Crippen LogP contribution in [0.2, 0.25) is 0 Å². The van der Waals surface area contributed by atoms with Crippen LogP contribution in [0.3, 0.4) is 0 Å². The second-order valence-corrected chi connectivity index (χ2v) is 20.2. The largest absolute Gasteiger partial charge is 0.456 e. The maximum Gasteiger partial charge on any atom is 0.344 e. The number of fused-ring (bicyclic) bond motifs is 2. The lowest BCUT2D eigenvalue weighted by Gasteiger charge is -2.63. The predicted octanol–water partition coefficient (Wildman–Crippen LogP) is 8.81. The molecule has 0 spiro atoms. The Morgan fingerprint density at radius 1 is 0.593 bits per heavy atom. The van der Waals surface area contributed by atoms with E-state index in [0.29, 0.717) is 47.0 Å². The fraction of sp³-hybridized carbons (Fsp3) is 0.826. The third-order valence-electron chi connectivity index (χ3n) is 17.0. The normalized spacial score (nSPS) is 45.9. The summed E-state index contributed by atoms with van der Waals surface area (Å²) in [7, 11) is 0. The van der Waals surface area contributed by atoms with E-state index in [2.05, 4.69) is 27.0 Å². The van der Waals surface area contributed by atoms with E-state index in [4.69, 9.17) is 18.9 Å². The molecule has 0 aromatic heterocycles. The molecule has 11 fully saturated rings. The van der Waals surface area contributed by atoms with Crippen molar-refractivity contribution in [2.45, 2.75) is 141 Å². The van der Waals surface area contributed by atoms with Gasteiger partial charge in [-0.2, -0.15) is 0 Å². The van der Waals surface area contributed by atoms with Gasteiger partial charge in [0.25, 0.3) is 0 Å². The van der Waals surface area contributed by atoms with E-state index in [1.807, 2.05) is 0 Å². The number of rotatable bonds is 10. The maximum atomic E-state index is 12.9. The fourth-order valence-corrected chi connectivity index (χ4v) is 15.3. The van der Waals surface area contributed by atoms with Gasteiger partial charge in [0.05, 0.1) is 0 Å². The molecule has 0 aromatic carbocycles. The first-order chi connectivity index (χ1) is 25.9. The first-order valence-electron chi connectivity index (χ1n) is 21.9. The zero-order valence-electron chi connectivity index (χ0n) is 33.3. The Balaban J connectivity index is 0.000000154. The molecule has 8 nitrogen and oxygen atoms in total. The third-order valence-corrected chi connectivity index (χ3v) is 17.0. The van der Waals surface area contributed by atoms with E-state index in [9.17, 15) is 19.2 Å². The van der Waals surface area contributed by atoms with Crippen molar-refractivity contribution in [3.63, 3.8) is 0 Å². The van der Waals surface area contributed by atoms with Gasteiger partial charge in [-0.15, -0.1) is 0 Å². The number of esters is 4. The molecule has 0 N–H and O–H groups in total. The molecule has 0 heterocycles. The van der Waals surface area contributed by atoms with Crippen molar-refractivity contribution >= 4 is 23.9 Å². The fourth-order valence-electron chi connectivity index (χ4n) is 15.3. The topological polar surface area (TPSA) is 105 Å². The molecule has 54 heavy (non-hydrogen) atoms. The Hall–Kier alpha value is -2.64. The molecule has 4 atom stereocenters. The molecular formula is C46H66O8. The minimum Gasteiger partial charge on any atom is -0.456 e. The summed E-state index contributed by atoms with van der Waals surface area (Å²) in [4.78, 5) is 48.6. The number of hydrogen-bond donors (Lipinski definition) is 0. The van der Waals surface area contributed by atoms with Crippen LogP contribution in [0.4, 0.5) is 0 Å². The molecule has 0 aromatic rings. The van der Waals surface area contributed by atoms with Gasteiger partial charge < -0.3 is 18.9 Å². The van der Waals surface area contributed by atoms with Gasteiger partial charge in [0.1, 0.15) is 11.2 Å². The second-order valence-electron chi connectivity index (χ2n) is 20.2. The Kier molecular flexibility index (Phi) is 10.6. The van der Waals surface area contributed by atoms with Gasteiger partial charge in [-0.05, 0) is 180 Å². The summed E-state index contributed by atoms with van der Waals surface area (Å²) in [6.07, 6.45) is 22.3. The van der Waals surface area contributed by atoms with Crippen LogP contribution in [-0.4, -0.2) is 48.3 Å². The zero-order chi connectivity index (χ0) is 37.9. The van der Waals surface area contributed by atoms with Crippen LogP contribution in [0.25, 0.3) is 0 Å². The van der Waals surface area contributed by atoms with E-state index in [1.54, 1.807) is 6.92 Å². The first-order valence-corrected chi connectivity index (χ1v) is 21.9. The molecule has 11 aliphatic carbocycles. The van der Waals surface area contributed by atoms with Crippen LogP contribution >= 0.6 is 0 Å². The standard InChI is InChI=1S/C24H34O4.C22H32O4/c1-13(2)23(26)27-12-22(25)28-24(21-11-17-10-18(21)4-14(17)3)19-6-15-5-16(8-19)9-20(24)7-15;1-3-20(23)25-13-21(24)26-22(17-6-4-14(2)5-7-17)18-9-15-8-16(11-18)12-19(22)10-15/h14-21H,1,4-12H2,2-3H3;3,14-19H,1,4-13H2,2H3. The highest BCUT2D eigenvalue weighted by Gasteiger charge is 2.67. The van der Waals surface area contributed by atoms with Gasteiger partial charge in [-0.1, -0.05) is 39.8 Å². The molecule has 11 rings (SSSR count). The SMILES string of the molecule is C=C(C)C(=O)OCC(=O)OC1(C2CC3CC2CC3C)C2CC3CC(C2)CC1C3.C=CC(=O)OCC(=O)OC1(C2CCC(C)CC2)C2CC3CC(C2)CC1C3. The molecular weight excluding hydrogens is 680 g/mol. The first kappa shape index (κ1) is 38.2. The highest BCUT2D eigenvalue weighted by Crippen LogP contribution is 2.68. The average Bonchev–Trinajstić information content (AvgIpc) is 3.73. The van der Waals surface area contributed by atoms with E-state index in [1.165, 1.54) is 109 Å². The van der Waals surface area contributed by atoms with E-state index >= 15 is 0 Å². The van der Waals surface area contributed by atoms with Gasteiger partial charge in [0.2, 0.25) is 0 Å². The molecule has 4 unspecified atom stereocenters. The monoisotopic (exact) mass is 746 g/mol. The Labute approximate surface area is 323 Å². The summed E-state index contributed by atoms with van der Waals surface area (Å²) in [6, 6.07) is 0. The van der Waals surface area contributed by atoms with Crippen LogP contribution in [0.15, 0.2) is 24.8 Å². The summed E-state index contributed by atoms with van der Waals surface area (Å²) in [5.74, 6) is 7.75. The van der Waals surface area contributed by atoms with Gasteiger partial charge in [0, 0.05) is 17.6 Å². The summed E-state index contributed by atoms with van der Waals surface area (Å²) in [5, 5.41) is 0. The summed E-state index contributed by atoms with van der Waals surface area (Å²) < 4.78 is 22.9. The number of carbonyl (C=O) groups is 4. The summed E-state index contributed by atoms with van der Waals surface area (Å²) in [5.41, 5.74) is -0.274.